The summed E-state index contributed by atoms with van der Waals surface area (Å²) in [6.07, 6.45) is 1.49. The molecule has 9 nitrogen and oxygen atoms in total. The summed E-state index contributed by atoms with van der Waals surface area (Å²) < 4.78 is 22.1. The van der Waals surface area contributed by atoms with Gasteiger partial charge >= 0.3 is 0 Å². The van der Waals surface area contributed by atoms with Crippen molar-refractivity contribution in [3.8, 4) is 23.0 Å². The van der Waals surface area contributed by atoms with Crippen LogP contribution in [0.15, 0.2) is 65.8 Å². The highest BCUT2D eigenvalue weighted by Crippen LogP contribution is 2.29. The summed E-state index contributed by atoms with van der Waals surface area (Å²) >= 11 is 0. The molecule has 0 bridgehead atoms. The number of carbonyl (C=O) groups excluding carboxylic acids is 2. The smallest absolute Gasteiger partial charge is 0.271 e. The van der Waals surface area contributed by atoms with Crippen LogP contribution in [0.3, 0.4) is 0 Å². The molecular weight excluding hydrogens is 474 g/mol. The van der Waals surface area contributed by atoms with Crippen LogP contribution in [0.2, 0.25) is 0 Å². The van der Waals surface area contributed by atoms with Gasteiger partial charge in [-0.05, 0) is 74.9 Å². The molecule has 0 saturated heterocycles. The fraction of sp³-hybridized carbons (Fsp3) is 0.250. The lowest BCUT2D eigenvalue weighted by Crippen LogP contribution is -2.20. The average Bonchev–Trinajstić information content (AvgIpc) is 2.90. The van der Waals surface area contributed by atoms with Gasteiger partial charge in [0.2, 0.25) is 0 Å². The molecule has 3 aromatic carbocycles. The van der Waals surface area contributed by atoms with Gasteiger partial charge in [-0.2, -0.15) is 5.10 Å². The van der Waals surface area contributed by atoms with Crippen molar-refractivity contribution in [3.63, 3.8) is 0 Å². The maximum absolute atomic E-state index is 12.5. The highest BCUT2D eigenvalue weighted by molar-refractivity contribution is 5.95. The zero-order chi connectivity index (χ0) is 26.6. The maximum Gasteiger partial charge on any atom is 0.271 e. The number of rotatable bonds is 12. The second-order valence-corrected chi connectivity index (χ2v) is 7.84. The maximum atomic E-state index is 12.5. The van der Waals surface area contributed by atoms with E-state index in [1.807, 2.05) is 45.0 Å². The third-order valence-electron chi connectivity index (χ3n) is 5.07. The first-order valence-electron chi connectivity index (χ1n) is 11.8. The highest BCUT2D eigenvalue weighted by Gasteiger charge is 2.12. The number of hydrogen-bond acceptors (Lipinski definition) is 7. The Hall–Kier alpha value is -4.53. The Kier molecular flexibility index (Phi) is 9.90. The van der Waals surface area contributed by atoms with Crippen LogP contribution >= 0.6 is 0 Å². The molecule has 2 N–H and O–H groups in total. The lowest BCUT2D eigenvalue weighted by atomic mass is 10.2. The molecule has 3 aromatic rings. The second-order valence-electron chi connectivity index (χ2n) is 7.84. The Morgan fingerprint density at radius 2 is 1.51 bits per heavy atom. The summed E-state index contributed by atoms with van der Waals surface area (Å²) in [4.78, 5) is 24.8. The van der Waals surface area contributed by atoms with Crippen molar-refractivity contribution in [2.24, 2.45) is 5.10 Å². The monoisotopic (exact) mass is 505 g/mol. The van der Waals surface area contributed by atoms with E-state index in [-0.39, 0.29) is 12.5 Å². The number of hydrogen-bond donors (Lipinski definition) is 2. The number of aryl methyl sites for hydroxylation is 1. The minimum atomic E-state index is -0.399. The number of hydrazone groups is 1. The molecule has 37 heavy (non-hydrogen) atoms. The van der Waals surface area contributed by atoms with Crippen LogP contribution in [0.25, 0.3) is 0 Å². The van der Waals surface area contributed by atoms with E-state index in [9.17, 15) is 9.59 Å². The molecular formula is C28H31N3O6. The summed E-state index contributed by atoms with van der Waals surface area (Å²) in [5.41, 5.74) is 5.35. The zero-order valence-electron chi connectivity index (χ0n) is 21.4. The predicted molar refractivity (Wildman–Crippen MR) is 142 cm³/mol. The Morgan fingerprint density at radius 1 is 0.838 bits per heavy atom. The first kappa shape index (κ1) is 27.1. The molecule has 2 amide bonds. The largest absolute Gasteiger partial charge is 0.493 e. The van der Waals surface area contributed by atoms with Crippen molar-refractivity contribution in [3.05, 3.63) is 77.4 Å². The minimum absolute atomic E-state index is 0.178. The van der Waals surface area contributed by atoms with E-state index in [1.54, 1.807) is 36.4 Å². The van der Waals surface area contributed by atoms with Crippen molar-refractivity contribution in [1.29, 1.82) is 0 Å². The Morgan fingerprint density at radius 3 is 2.19 bits per heavy atom. The zero-order valence-corrected chi connectivity index (χ0v) is 21.4. The lowest BCUT2D eigenvalue weighted by Gasteiger charge is -2.13. The molecule has 0 aromatic heterocycles. The number of anilines is 1. The van der Waals surface area contributed by atoms with Crippen LogP contribution in [-0.2, 0) is 4.79 Å². The molecule has 0 fully saturated rings. The molecule has 0 aliphatic rings. The van der Waals surface area contributed by atoms with Crippen molar-refractivity contribution < 1.29 is 28.5 Å². The van der Waals surface area contributed by atoms with Crippen molar-refractivity contribution in [1.82, 2.24) is 5.43 Å². The first-order chi connectivity index (χ1) is 17.9. The molecule has 194 valence electrons. The molecule has 0 atom stereocenters. The van der Waals surface area contributed by atoms with Gasteiger partial charge in [0.05, 0.1) is 26.5 Å². The molecule has 0 heterocycles. The third-order valence-corrected chi connectivity index (χ3v) is 5.07. The number of carbonyl (C=O) groups is 2. The minimum Gasteiger partial charge on any atom is -0.493 e. The van der Waals surface area contributed by atoms with Crippen molar-refractivity contribution in [2.45, 2.75) is 20.8 Å². The number of methoxy groups -OCH3 is 1. The van der Waals surface area contributed by atoms with E-state index < -0.39 is 5.91 Å². The van der Waals surface area contributed by atoms with Crippen LogP contribution in [0.5, 0.6) is 23.0 Å². The summed E-state index contributed by atoms with van der Waals surface area (Å²) in [6.45, 7) is 6.35. The number of nitrogens with zero attached hydrogens (tertiary/aromatic N) is 1. The van der Waals surface area contributed by atoms with Crippen LogP contribution in [0.1, 0.15) is 35.3 Å². The molecule has 0 aliphatic carbocycles. The third kappa shape index (κ3) is 7.99. The number of amides is 2. The van der Waals surface area contributed by atoms with Gasteiger partial charge in [0.1, 0.15) is 0 Å². The predicted octanol–water partition coefficient (Wildman–Crippen LogP) is 4.58. The SMILES string of the molecule is CCOc1cc(C(=O)N/N=C/c2ccc(OCC(=O)Nc3ccc(C)cc3)c(OCC)c2)ccc1OC. The fourth-order valence-electron chi connectivity index (χ4n) is 3.29. The molecule has 0 radical (unpaired) electrons. The summed E-state index contributed by atoms with van der Waals surface area (Å²) in [5.74, 6) is 1.21. The second kappa shape index (κ2) is 13.5. The molecule has 3 rings (SSSR count). The van der Waals surface area contributed by atoms with Gasteiger partial charge in [0, 0.05) is 11.3 Å². The van der Waals surface area contributed by atoms with Crippen molar-refractivity contribution >= 4 is 23.7 Å². The van der Waals surface area contributed by atoms with Crippen LogP contribution < -0.4 is 29.7 Å². The van der Waals surface area contributed by atoms with E-state index in [1.165, 1.54) is 13.3 Å². The molecule has 0 saturated carbocycles. The van der Waals surface area contributed by atoms with Gasteiger partial charge in [0.15, 0.2) is 29.6 Å². The summed E-state index contributed by atoms with van der Waals surface area (Å²) in [7, 11) is 1.54. The van der Waals surface area contributed by atoms with Gasteiger partial charge in [-0.15, -0.1) is 0 Å². The van der Waals surface area contributed by atoms with Gasteiger partial charge in [0.25, 0.3) is 11.8 Å². The molecule has 0 unspecified atom stereocenters. The highest BCUT2D eigenvalue weighted by atomic mass is 16.5. The quantitative estimate of drug-likeness (QED) is 0.276. The van der Waals surface area contributed by atoms with Gasteiger partial charge in [-0.25, -0.2) is 5.43 Å². The average molecular weight is 506 g/mol. The summed E-state index contributed by atoms with van der Waals surface area (Å²) in [6, 6.07) is 17.5. The Balaban J connectivity index is 1.61. The summed E-state index contributed by atoms with van der Waals surface area (Å²) in [5, 5.41) is 6.83. The van der Waals surface area contributed by atoms with Crippen molar-refractivity contribution in [2.75, 3.05) is 32.2 Å². The van der Waals surface area contributed by atoms with Gasteiger partial charge in [-0.1, -0.05) is 17.7 Å². The van der Waals surface area contributed by atoms with E-state index in [2.05, 4.69) is 15.8 Å². The van der Waals surface area contributed by atoms with E-state index >= 15 is 0 Å². The van der Waals surface area contributed by atoms with Crippen LogP contribution in [-0.4, -0.2) is 45.0 Å². The standard InChI is InChI=1S/C28H31N3O6/c1-5-35-25-15-20(9-13-24(25)37-18-27(32)30-22-11-7-19(3)8-12-22)17-29-31-28(33)21-10-14-23(34-4)26(16-21)36-6-2/h7-17H,5-6,18H2,1-4H3,(H,30,32)(H,31,33)/b29-17+. The molecule has 0 spiro atoms. The lowest BCUT2D eigenvalue weighted by molar-refractivity contribution is -0.118. The topological polar surface area (TPSA) is 107 Å². The normalized spacial score (nSPS) is 10.6. The van der Waals surface area contributed by atoms with Gasteiger partial charge < -0.3 is 24.3 Å². The Labute approximate surface area is 216 Å². The van der Waals surface area contributed by atoms with Crippen LogP contribution in [0.4, 0.5) is 5.69 Å². The molecule has 9 heteroatoms. The van der Waals surface area contributed by atoms with Crippen LogP contribution in [0, 0.1) is 6.92 Å². The number of ether oxygens (including phenoxy) is 4. The fourth-order valence-corrected chi connectivity index (χ4v) is 3.29. The van der Waals surface area contributed by atoms with E-state index in [0.717, 1.165) is 5.56 Å². The first-order valence-corrected chi connectivity index (χ1v) is 11.8. The van der Waals surface area contributed by atoms with E-state index in [4.69, 9.17) is 18.9 Å². The number of nitrogens with one attached hydrogen (secondary N) is 2. The van der Waals surface area contributed by atoms with Gasteiger partial charge in [-0.3, -0.25) is 9.59 Å². The van der Waals surface area contributed by atoms with E-state index in [0.29, 0.717) is 53.0 Å². The number of benzene rings is 3. The Bertz CT molecular complexity index is 1240. The molecule has 0 aliphatic heterocycles.